The van der Waals surface area contributed by atoms with E-state index in [9.17, 15) is 40.5 Å². The van der Waals surface area contributed by atoms with E-state index in [1.807, 2.05) is 6.92 Å². The minimum Gasteiger partial charge on any atom is -0.462 e. The molecule has 190 valence electrons. The summed E-state index contributed by atoms with van der Waals surface area (Å²) in [5.41, 5.74) is -1.57. The molecule has 0 aromatic carbocycles. The highest BCUT2D eigenvalue weighted by Crippen LogP contribution is 2.49. The van der Waals surface area contributed by atoms with Crippen molar-refractivity contribution >= 4 is 5.97 Å². The molecule has 2 heterocycles. The Kier molecular flexibility index (Phi) is 8.36. The van der Waals surface area contributed by atoms with E-state index >= 15 is 0 Å². The molecule has 0 amide bonds. The van der Waals surface area contributed by atoms with Gasteiger partial charge in [-0.15, -0.1) is 0 Å². The molecule has 7 N–H and O–H groups in total. The van der Waals surface area contributed by atoms with Crippen molar-refractivity contribution in [2.45, 2.75) is 75.4 Å². The maximum absolute atomic E-state index is 12.3. The zero-order valence-electron chi connectivity index (χ0n) is 18.6. The summed E-state index contributed by atoms with van der Waals surface area (Å²) in [5.74, 6) is -2.56. The third-order valence-corrected chi connectivity index (χ3v) is 6.95. The van der Waals surface area contributed by atoms with E-state index in [0.29, 0.717) is 12.0 Å². The molecular formula is C21H34O12. The predicted molar refractivity (Wildman–Crippen MR) is 108 cm³/mol. The Balaban J connectivity index is 1.76. The van der Waals surface area contributed by atoms with Crippen molar-refractivity contribution < 1.29 is 59.5 Å². The van der Waals surface area contributed by atoms with Crippen LogP contribution in [-0.4, -0.2) is 110 Å². The zero-order chi connectivity index (χ0) is 24.5. The molecule has 1 saturated carbocycles. The third-order valence-electron chi connectivity index (χ3n) is 6.95. The van der Waals surface area contributed by atoms with Crippen molar-refractivity contribution in [1.82, 2.24) is 0 Å². The number of aliphatic hydroxyl groups is 7. The maximum atomic E-state index is 12.3. The van der Waals surface area contributed by atoms with Gasteiger partial charge >= 0.3 is 5.97 Å². The lowest BCUT2D eigenvalue weighted by atomic mass is 9.80. The van der Waals surface area contributed by atoms with Crippen molar-refractivity contribution in [2.75, 3.05) is 19.8 Å². The van der Waals surface area contributed by atoms with E-state index in [4.69, 9.17) is 18.9 Å². The number of carbonyl (C=O) groups is 1. The Morgan fingerprint density at radius 2 is 1.88 bits per heavy atom. The fourth-order valence-corrected chi connectivity index (χ4v) is 4.53. The number of rotatable bonds is 8. The maximum Gasteiger partial charge on any atom is 0.311 e. The summed E-state index contributed by atoms with van der Waals surface area (Å²) in [7, 11) is 0. The molecule has 11 unspecified atom stereocenters. The van der Waals surface area contributed by atoms with Gasteiger partial charge in [-0.2, -0.15) is 0 Å². The van der Waals surface area contributed by atoms with E-state index in [1.54, 1.807) is 6.92 Å². The summed E-state index contributed by atoms with van der Waals surface area (Å²) in [6.07, 6.45) is -8.03. The number of aliphatic hydroxyl groups excluding tert-OH is 6. The summed E-state index contributed by atoms with van der Waals surface area (Å²) in [6.45, 7) is 1.86. The molecule has 11 atom stereocenters. The number of hydrogen-bond donors (Lipinski definition) is 7. The molecule has 0 aromatic rings. The molecular weight excluding hydrogens is 444 g/mol. The van der Waals surface area contributed by atoms with Crippen LogP contribution >= 0.6 is 0 Å². The average Bonchev–Trinajstić information content (AvgIpc) is 3.08. The SMILES string of the molecule is CCC(C)C(=O)OC1OC=C(COC2OC(CO)C(O)C(O)C2O)C2CC(O)C(O)(CO)C12. The summed E-state index contributed by atoms with van der Waals surface area (Å²) in [4.78, 5) is 12.3. The topological polar surface area (TPSA) is 196 Å². The first-order valence-electron chi connectivity index (χ1n) is 11.1. The van der Waals surface area contributed by atoms with Gasteiger partial charge in [0.05, 0.1) is 44.0 Å². The smallest absolute Gasteiger partial charge is 0.311 e. The number of ether oxygens (including phenoxy) is 4. The first-order valence-corrected chi connectivity index (χ1v) is 11.1. The van der Waals surface area contributed by atoms with E-state index in [1.165, 1.54) is 6.26 Å². The van der Waals surface area contributed by atoms with Crippen LogP contribution in [0.1, 0.15) is 26.7 Å². The van der Waals surface area contributed by atoms with Crippen molar-refractivity contribution in [3.05, 3.63) is 11.8 Å². The minimum atomic E-state index is -1.99. The van der Waals surface area contributed by atoms with Gasteiger partial charge in [0, 0.05) is 5.92 Å². The largest absolute Gasteiger partial charge is 0.462 e. The second-order valence-corrected chi connectivity index (χ2v) is 8.98. The molecule has 1 saturated heterocycles. The van der Waals surface area contributed by atoms with Gasteiger partial charge in [-0.25, -0.2) is 0 Å². The van der Waals surface area contributed by atoms with Gasteiger partial charge in [-0.1, -0.05) is 13.8 Å². The predicted octanol–water partition coefficient (Wildman–Crippen LogP) is -2.65. The monoisotopic (exact) mass is 478 g/mol. The van der Waals surface area contributed by atoms with E-state index in [0.717, 1.165) is 0 Å². The lowest BCUT2D eigenvalue weighted by Gasteiger charge is -2.41. The zero-order valence-corrected chi connectivity index (χ0v) is 18.6. The van der Waals surface area contributed by atoms with Crippen LogP contribution in [-0.2, 0) is 23.7 Å². The molecule has 33 heavy (non-hydrogen) atoms. The summed E-state index contributed by atoms with van der Waals surface area (Å²) >= 11 is 0. The number of hydrogen-bond acceptors (Lipinski definition) is 12. The Bertz CT molecular complexity index is 713. The highest BCUT2D eigenvalue weighted by atomic mass is 16.7. The summed E-state index contributed by atoms with van der Waals surface area (Å²) < 4.78 is 21.9. The molecule has 0 aromatic heterocycles. The molecule has 2 aliphatic heterocycles. The fourth-order valence-electron chi connectivity index (χ4n) is 4.53. The van der Waals surface area contributed by atoms with E-state index in [-0.39, 0.29) is 13.0 Å². The van der Waals surface area contributed by atoms with E-state index in [2.05, 4.69) is 0 Å². The van der Waals surface area contributed by atoms with Crippen molar-refractivity contribution in [3.8, 4) is 0 Å². The van der Waals surface area contributed by atoms with Crippen LogP contribution in [0.3, 0.4) is 0 Å². The second-order valence-electron chi connectivity index (χ2n) is 8.98. The first-order chi connectivity index (χ1) is 15.6. The Morgan fingerprint density at radius 1 is 1.18 bits per heavy atom. The average molecular weight is 478 g/mol. The van der Waals surface area contributed by atoms with Gasteiger partial charge in [0.1, 0.15) is 30.0 Å². The van der Waals surface area contributed by atoms with Crippen LogP contribution in [0.2, 0.25) is 0 Å². The number of fused-ring (bicyclic) bond motifs is 1. The van der Waals surface area contributed by atoms with Crippen LogP contribution in [0.4, 0.5) is 0 Å². The normalized spacial score (nSPS) is 43.9. The molecule has 1 aliphatic carbocycles. The highest BCUT2D eigenvalue weighted by molar-refractivity contribution is 5.72. The van der Waals surface area contributed by atoms with Crippen molar-refractivity contribution in [2.24, 2.45) is 17.8 Å². The standard InChI is InChI=1S/C21H34O12/c1-3-9(2)18(28)33-19-14-11(4-13(24)21(14,29)8-23)10(6-30-19)7-31-20-17(27)16(26)15(25)12(5-22)32-20/h6,9,11-17,19-20,22-27,29H,3-5,7-8H2,1-2H3. The molecule has 0 spiro atoms. The van der Waals surface area contributed by atoms with Gasteiger partial charge in [0.25, 0.3) is 0 Å². The van der Waals surface area contributed by atoms with Crippen molar-refractivity contribution in [1.29, 1.82) is 0 Å². The molecule has 0 bridgehead atoms. The Labute approximate surface area is 191 Å². The molecule has 3 aliphatic rings. The molecule has 2 fully saturated rings. The van der Waals surface area contributed by atoms with Crippen molar-refractivity contribution in [3.63, 3.8) is 0 Å². The Morgan fingerprint density at radius 3 is 2.48 bits per heavy atom. The lowest BCUT2D eigenvalue weighted by Crippen LogP contribution is -2.59. The molecule has 3 rings (SSSR count). The molecule has 12 nitrogen and oxygen atoms in total. The summed E-state index contributed by atoms with van der Waals surface area (Å²) in [5, 5.41) is 70.5. The fraction of sp³-hybridized carbons (Fsp3) is 0.857. The van der Waals surface area contributed by atoms with Gasteiger partial charge in [-0.05, 0) is 18.4 Å². The lowest BCUT2D eigenvalue weighted by molar-refractivity contribution is -0.299. The van der Waals surface area contributed by atoms with E-state index < -0.39 is 85.6 Å². The molecule has 0 radical (unpaired) electrons. The Hall–Kier alpha value is -1.35. The first kappa shape index (κ1) is 26.3. The van der Waals surface area contributed by atoms with Crippen LogP contribution in [0.25, 0.3) is 0 Å². The quantitative estimate of drug-likeness (QED) is 0.179. The van der Waals surface area contributed by atoms with Gasteiger partial charge in [0.15, 0.2) is 6.29 Å². The highest BCUT2D eigenvalue weighted by Gasteiger charge is 2.60. The third kappa shape index (κ3) is 4.90. The molecule has 12 heteroatoms. The number of carbonyl (C=O) groups excluding carboxylic acids is 1. The van der Waals surface area contributed by atoms with Gasteiger partial charge in [-0.3, -0.25) is 4.79 Å². The minimum absolute atomic E-state index is 0.0202. The summed E-state index contributed by atoms with van der Waals surface area (Å²) in [6, 6.07) is 0. The van der Waals surface area contributed by atoms with Gasteiger partial charge in [0.2, 0.25) is 6.29 Å². The number of esters is 1. The van der Waals surface area contributed by atoms with Crippen LogP contribution in [0, 0.1) is 17.8 Å². The van der Waals surface area contributed by atoms with Crippen LogP contribution < -0.4 is 0 Å². The van der Waals surface area contributed by atoms with Crippen LogP contribution in [0.5, 0.6) is 0 Å². The van der Waals surface area contributed by atoms with Gasteiger partial charge < -0.3 is 54.7 Å². The van der Waals surface area contributed by atoms with Crippen LogP contribution in [0.15, 0.2) is 11.8 Å². The second kappa shape index (κ2) is 10.5.